The lowest BCUT2D eigenvalue weighted by Crippen LogP contribution is -2.47. The number of anilines is 2. The van der Waals surface area contributed by atoms with Crippen LogP contribution < -0.4 is 10.2 Å². The molecule has 1 atom stereocenters. The highest BCUT2D eigenvalue weighted by Crippen LogP contribution is 2.31. The molecule has 0 aliphatic carbocycles. The third kappa shape index (κ3) is 3.83. The monoisotopic (exact) mass is 435 g/mol. The van der Waals surface area contributed by atoms with Gasteiger partial charge in [0.05, 0.1) is 36.0 Å². The number of nitrogens with zero attached hydrogens (tertiary/aromatic N) is 4. The Morgan fingerprint density at radius 2 is 1.97 bits per heavy atom. The highest BCUT2D eigenvalue weighted by Gasteiger charge is 2.36. The number of carbonyl (C=O) groups excluding carboxylic acids is 2. The molecule has 7 nitrogen and oxygen atoms in total. The summed E-state index contributed by atoms with van der Waals surface area (Å²) in [7, 11) is 0. The largest absolute Gasteiger partial charge is 0.322 e. The lowest BCUT2D eigenvalue weighted by Gasteiger charge is -2.34. The Kier molecular flexibility index (Phi) is 5.22. The molecule has 0 spiro atoms. The summed E-state index contributed by atoms with van der Waals surface area (Å²) in [6.07, 6.45) is 1.33. The first kappa shape index (κ1) is 21.2. The van der Waals surface area contributed by atoms with E-state index in [0.29, 0.717) is 23.5 Å². The van der Waals surface area contributed by atoms with Crippen molar-refractivity contribution in [2.24, 2.45) is 0 Å². The summed E-state index contributed by atoms with van der Waals surface area (Å²) >= 11 is 0. The molecule has 1 unspecified atom stereocenters. The van der Waals surface area contributed by atoms with Gasteiger partial charge in [-0.15, -0.1) is 0 Å². The Hall–Kier alpha value is -4.06. The third-order valence-electron chi connectivity index (χ3n) is 5.29. The van der Waals surface area contributed by atoms with Gasteiger partial charge >= 0.3 is 0 Å². The first-order chi connectivity index (χ1) is 15.2. The summed E-state index contributed by atoms with van der Waals surface area (Å²) in [5, 5.41) is 15.9. The minimum atomic E-state index is -2.98. The predicted octanol–water partition coefficient (Wildman–Crippen LogP) is 4.17. The summed E-state index contributed by atoms with van der Waals surface area (Å²) in [5.74, 6) is -3.97. The molecule has 1 aromatic heterocycles. The first-order valence-electron chi connectivity index (χ1n) is 9.88. The van der Waals surface area contributed by atoms with E-state index in [2.05, 4.69) is 10.4 Å². The smallest absolute Gasteiger partial charge is 0.277 e. The van der Waals surface area contributed by atoms with Crippen LogP contribution in [0, 0.1) is 11.3 Å². The number of hydrogen-bond donors (Lipinski definition) is 1. The van der Waals surface area contributed by atoms with E-state index in [1.807, 2.05) is 13.0 Å². The van der Waals surface area contributed by atoms with Crippen molar-refractivity contribution in [1.82, 2.24) is 9.78 Å². The normalized spacial score (nSPS) is 15.8. The molecule has 32 heavy (non-hydrogen) atoms. The van der Waals surface area contributed by atoms with Gasteiger partial charge in [0.25, 0.3) is 17.7 Å². The minimum absolute atomic E-state index is 0.0889. The van der Waals surface area contributed by atoms with Crippen LogP contribution in [0.2, 0.25) is 0 Å². The van der Waals surface area contributed by atoms with Crippen LogP contribution in [0.15, 0.2) is 54.7 Å². The number of fused-ring (bicyclic) bond motifs is 1. The van der Waals surface area contributed by atoms with Gasteiger partial charge in [-0.3, -0.25) is 14.3 Å². The average Bonchev–Trinajstić information content (AvgIpc) is 3.18. The standard InChI is InChI=1S/C23H19F2N5O2/c1-14-13-29-20(22(32)30(14)18-8-6-16(7-9-18)23(2,24)25)19(12-27-29)21(31)28-17-5-3-4-15(10-17)11-26/h3-10,12,14H,13H2,1-2H3,(H,28,31). The van der Waals surface area contributed by atoms with Crippen molar-refractivity contribution in [1.29, 1.82) is 5.26 Å². The summed E-state index contributed by atoms with van der Waals surface area (Å²) in [4.78, 5) is 27.7. The van der Waals surface area contributed by atoms with E-state index in [0.717, 1.165) is 6.92 Å². The van der Waals surface area contributed by atoms with Crippen molar-refractivity contribution in [3.63, 3.8) is 0 Å². The molecule has 0 saturated carbocycles. The van der Waals surface area contributed by atoms with Crippen molar-refractivity contribution < 1.29 is 18.4 Å². The number of hydrogen-bond acceptors (Lipinski definition) is 4. The van der Waals surface area contributed by atoms with Crippen molar-refractivity contribution in [2.75, 3.05) is 10.2 Å². The van der Waals surface area contributed by atoms with Gasteiger partial charge in [-0.25, -0.2) is 8.78 Å². The topological polar surface area (TPSA) is 91.0 Å². The van der Waals surface area contributed by atoms with Crippen LogP contribution in [0.25, 0.3) is 0 Å². The number of alkyl halides is 2. The van der Waals surface area contributed by atoms with Gasteiger partial charge in [-0.1, -0.05) is 18.2 Å². The number of rotatable bonds is 4. The zero-order valence-corrected chi connectivity index (χ0v) is 17.3. The highest BCUT2D eigenvalue weighted by atomic mass is 19.3. The number of nitriles is 1. The van der Waals surface area contributed by atoms with E-state index >= 15 is 0 Å². The number of aromatic nitrogens is 2. The lowest BCUT2D eigenvalue weighted by atomic mass is 10.1. The van der Waals surface area contributed by atoms with Crippen LogP contribution in [0.4, 0.5) is 20.2 Å². The van der Waals surface area contributed by atoms with Crippen LogP contribution in [0.3, 0.4) is 0 Å². The molecular weight excluding hydrogens is 416 g/mol. The molecule has 2 aromatic carbocycles. The summed E-state index contributed by atoms with van der Waals surface area (Å²) in [6.45, 7) is 2.97. The molecule has 1 N–H and O–H groups in total. The number of amides is 2. The molecule has 2 amide bonds. The molecular formula is C23H19F2N5O2. The second-order valence-corrected chi connectivity index (χ2v) is 7.70. The van der Waals surface area contributed by atoms with E-state index in [4.69, 9.17) is 5.26 Å². The van der Waals surface area contributed by atoms with Gasteiger partial charge in [0.15, 0.2) is 0 Å². The van der Waals surface area contributed by atoms with E-state index in [1.54, 1.807) is 18.2 Å². The van der Waals surface area contributed by atoms with Gasteiger partial charge in [0.2, 0.25) is 0 Å². The van der Waals surface area contributed by atoms with Gasteiger partial charge in [-0.05, 0) is 37.3 Å². The zero-order chi connectivity index (χ0) is 23.0. The van der Waals surface area contributed by atoms with E-state index in [9.17, 15) is 18.4 Å². The quantitative estimate of drug-likeness (QED) is 0.666. The first-order valence-corrected chi connectivity index (χ1v) is 9.88. The van der Waals surface area contributed by atoms with Crippen LogP contribution in [-0.2, 0) is 12.5 Å². The highest BCUT2D eigenvalue weighted by molar-refractivity contribution is 6.15. The fourth-order valence-corrected chi connectivity index (χ4v) is 3.71. The molecule has 1 aliphatic rings. The van der Waals surface area contributed by atoms with E-state index in [1.165, 1.54) is 46.1 Å². The van der Waals surface area contributed by atoms with Crippen LogP contribution in [0.5, 0.6) is 0 Å². The molecule has 1 aliphatic heterocycles. The number of nitrogens with one attached hydrogen (secondary N) is 1. The minimum Gasteiger partial charge on any atom is -0.322 e. The van der Waals surface area contributed by atoms with Gasteiger partial charge in [0.1, 0.15) is 5.69 Å². The second kappa shape index (κ2) is 7.89. The molecule has 0 saturated heterocycles. The maximum Gasteiger partial charge on any atom is 0.277 e. The van der Waals surface area contributed by atoms with Crippen LogP contribution >= 0.6 is 0 Å². The van der Waals surface area contributed by atoms with Crippen LogP contribution in [0.1, 0.15) is 45.8 Å². The Bertz CT molecular complexity index is 1240. The Morgan fingerprint density at radius 3 is 2.62 bits per heavy atom. The van der Waals surface area contributed by atoms with Gasteiger partial charge in [-0.2, -0.15) is 10.4 Å². The van der Waals surface area contributed by atoms with E-state index < -0.39 is 17.7 Å². The maximum atomic E-state index is 13.6. The summed E-state index contributed by atoms with van der Waals surface area (Å²) < 4.78 is 28.6. The third-order valence-corrected chi connectivity index (χ3v) is 5.29. The Balaban J connectivity index is 1.64. The lowest BCUT2D eigenvalue weighted by molar-refractivity contribution is 0.0175. The van der Waals surface area contributed by atoms with Crippen molar-refractivity contribution in [2.45, 2.75) is 32.4 Å². The van der Waals surface area contributed by atoms with Gasteiger partial charge in [0, 0.05) is 23.9 Å². The number of halogens is 2. The number of carbonyl (C=O) groups is 2. The summed E-state index contributed by atoms with van der Waals surface area (Å²) in [6, 6.07) is 13.6. The van der Waals surface area contributed by atoms with E-state index in [-0.39, 0.29) is 22.9 Å². The Morgan fingerprint density at radius 1 is 1.25 bits per heavy atom. The molecule has 4 rings (SSSR count). The van der Waals surface area contributed by atoms with Crippen molar-refractivity contribution >= 4 is 23.2 Å². The van der Waals surface area contributed by atoms with Crippen molar-refractivity contribution in [3.05, 3.63) is 77.1 Å². The molecule has 162 valence electrons. The fourth-order valence-electron chi connectivity index (χ4n) is 3.71. The SMILES string of the molecule is CC1Cn2ncc(C(=O)Nc3cccc(C#N)c3)c2C(=O)N1c1ccc(C(C)(F)F)cc1. The number of benzene rings is 2. The molecule has 9 heteroatoms. The molecule has 0 radical (unpaired) electrons. The van der Waals surface area contributed by atoms with Gasteiger partial charge < -0.3 is 10.2 Å². The Labute approximate surface area is 182 Å². The predicted molar refractivity (Wildman–Crippen MR) is 114 cm³/mol. The molecule has 3 aromatic rings. The average molecular weight is 435 g/mol. The maximum absolute atomic E-state index is 13.6. The summed E-state index contributed by atoms with van der Waals surface area (Å²) in [5.41, 5.74) is 1.31. The molecule has 2 heterocycles. The van der Waals surface area contributed by atoms with Crippen molar-refractivity contribution in [3.8, 4) is 6.07 Å². The molecule has 0 fully saturated rings. The molecule has 0 bridgehead atoms. The van der Waals surface area contributed by atoms with Crippen LogP contribution in [-0.4, -0.2) is 27.6 Å². The second-order valence-electron chi connectivity index (χ2n) is 7.70. The zero-order valence-electron chi connectivity index (χ0n) is 17.3. The fraction of sp³-hybridized carbons (Fsp3) is 0.217.